The summed E-state index contributed by atoms with van der Waals surface area (Å²) in [4.78, 5) is 27.9. The summed E-state index contributed by atoms with van der Waals surface area (Å²) < 4.78 is 26.2. The summed E-state index contributed by atoms with van der Waals surface area (Å²) in [7, 11) is -3.67. The number of benzene rings is 2. The van der Waals surface area contributed by atoms with Gasteiger partial charge >= 0.3 is 0 Å². The highest BCUT2D eigenvalue weighted by Crippen LogP contribution is 2.37. The second-order valence-corrected chi connectivity index (χ2v) is 11.4. The van der Waals surface area contributed by atoms with Gasteiger partial charge < -0.3 is 10.2 Å². The van der Waals surface area contributed by atoms with Crippen molar-refractivity contribution in [3.63, 3.8) is 0 Å². The number of anilines is 2. The van der Waals surface area contributed by atoms with Gasteiger partial charge in [0.2, 0.25) is 11.8 Å². The Morgan fingerprint density at radius 3 is 2.68 bits per heavy atom. The van der Waals surface area contributed by atoms with E-state index in [2.05, 4.69) is 5.32 Å². The molecule has 0 bridgehead atoms. The van der Waals surface area contributed by atoms with Gasteiger partial charge in [-0.2, -0.15) is 0 Å². The van der Waals surface area contributed by atoms with E-state index in [9.17, 15) is 18.0 Å². The molecule has 2 amide bonds. The first-order valence-electron chi connectivity index (χ1n) is 10.4. The molecule has 1 saturated carbocycles. The summed E-state index contributed by atoms with van der Waals surface area (Å²) in [5.74, 6) is -0.0638. The molecule has 1 heterocycles. The highest BCUT2D eigenvalue weighted by atomic mass is 32.2. The molecular weight excluding hydrogens is 432 g/mol. The normalized spacial score (nSPS) is 16.6. The molecule has 31 heavy (non-hydrogen) atoms. The number of hydrogen-bond acceptors (Lipinski definition) is 5. The number of carbonyl (C=O) groups is 2. The van der Waals surface area contributed by atoms with Crippen molar-refractivity contribution < 1.29 is 18.0 Å². The number of sulfone groups is 1. The number of nitrogens with one attached hydrogen (secondary N) is 1. The minimum atomic E-state index is -3.67. The topological polar surface area (TPSA) is 83.6 Å². The van der Waals surface area contributed by atoms with Crippen LogP contribution in [0.4, 0.5) is 11.4 Å². The Hall–Kier alpha value is -2.32. The number of fused-ring (bicyclic) bond motifs is 1. The van der Waals surface area contributed by atoms with Crippen molar-refractivity contribution in [2.45, 2.75) is 47.6 Å². The molecule has 1 aliphatic carbocycles. The van der Waals surface area contributed by atoms with Crippen molar-refractivity contribution in [2.75, 3.05) is 23.0 Å². The Labute approximate surface area is 187 Å². The zero-order chi connectivity index (χ0) is 22.2. The zero-order valence-electron chi connectivity index (χ0n) is 17.6. The minimum Gasteiger partial charge on any atom is -0.326 e. The van der Waals surface area contributed by atoms with Gasteiger partial charge in [-0.05, 0) is 74.4 Å². The average Bonchev–Trinajstić information content (AvgIpc) is 3.52. The van der Waals surface area contributed by atoms with Crippen LogP contribution in [0.2, 0.25) is 0 Å². The van der Waals surface area contributed by atoms with Gasteiger partial charge in [-0.1, -0.05) is 6.07 Å². The summed E-state index contributed by atoms with van der Waals surface area (Å²) in [5.41, 5.74) is 2.34. The molecule has 2 aliphatic rings. The van der Waals surface area contributed by atoms with E-state index in [-0.39, 0.29) is 29.0 Å². The quantitative estimate of drug-likeness (QED) is 0.636. The van der Waals surface area contributed by atoms with Gasteiger partial charge in [-0.25, -0.2) is 8.42 Å². The zero-order valence-corrected chi connectivity index (χ0v) is 19.3. The SMILES string of the molecule is CSc1cccc(NC(=O)CC(C)S(=O)(=O)c2ccc3c(c2)CCN3C(=O)C2CC2)c1. The highest BCUT2D eigenvalue weighted by Gasteiger charge is 2.37. The van der Waals surface area contributed by atoms with Crippen LogP contribution in [-0.2, 0) is 25.8 Å². The van der Waals surface area contributed by atoms with E-state index in [0.717, 1.165) is 29.0 Å². The van der Waals surface area contributed by atoms with Crippen molar-refractivity contribution in [3.8, 4) is 0 Å². The Bertz CT molecular complexity index is 1130. The predicted molar refractivity (Wildman–Crippen MR) is 123 cm³/mol. The first-order chi connectivity index (χ1) is 14.8. The third-order valence-electron chi connectivity index (χ3n) is 5.82. The van der Waals surface area contributed by atoms with E-state index in [1.165, 1.54) is 0 Å². The Morgan fingerprint density at radius 2 is 1.97 bits per heavy atom. The fraction of sp³-hybridized carbons (Fsp3) is 0.391. The molecule has 0 radical (unpaired) electrons. The van der Waals surface area contributed by atoms with Crippen molar-refractivity contribution in [2.24, 2.45) is 5.92 Å². The van der Waals surface area contributed by atoms with E-state index >= 15 is 0 Å². The number of amides is 2. The molecule has 6 nitrogen and oxygen atoms in total. The third kappa shape index (κ3) is 4.65. The van der Waals surface area contributed by atoms with Gasteiger partial charge in [0.05, 0.1) is 10.1 Å². The maximum atomic E-state index is 13.1. The van der Waals surface area contributed by atoms with Gasteiger partial charge in [-0.15, -0.1) is 11.8 Å². The second-order valence-electron chi connectivity index (χ2n) is 8.14. The van der Waals surface area contributed by atoms with Crippen molar-refractivity contribution in [3.05, 3.63) is 48.0 Å². The van der Waals surface area contributed by atoms with E-state index in [1.54, 1.807) is 47.9 Å². The summed E-state index contributed by atoms with van der Waals surface area (Å²) in [6, 6.07) is 12.4. The lowest BCUT2D eigenvalue weighted by molar-refractivity contribution is -0.119. The first kappa shape index (κ1) is 21.9. The Kier molecular flexibility index (Phi) is 6.12. The van der Waals surface area contributed by atoms with Gasteiger partial charge in [0, 0.05) is 35.2 Å². The number of rotatable bonds is 7. The van der Waals surface area contributed by atoms with E-state index in [0.29, 0.717) is 18.7 Å². The monoisotopic (exact) mass is 458 g/mol. The molecule has 8 heteroatoms. The molecule has 164 valence electrons. The van der Waals surface area contributed by atoms with Crippen LogP contribution in [0.5, 0.6) is 0 Å². The van der Waals surface area contributed by atoms with Crippen molar-refractivity contribution in [1.82, 2.24) is 0 Å². The Balaban J connectivity index is 1.45. The van der Waals surface area contributed by atoms with Gasteiger partial charge in [0.1, 0.15) is 0 Å². The van der Waals surface area contributed by atoms with E-state index in [1.807, 2.05) is 24.5 Å². The molecule has 0 saturated heterocycles. The lowest BCUT2D eigenvalue weighted by Gasteiger charge is -2.18. The Morgan fingerprint density at radius 1 is 1.19 bits per heavy atom. The molecule has 1 fully saturated rings. The summed E-state index contributed by atoms with van der Waals surface area (Å²) >= 11 is 1.57. The fourth-order valence-electron chi connectivity index (χ4n) is 3.85. The molecule has 2 aromatic carbocycles. The molecule has 1 N–H and O–H groups in total. The van der Waals surface area contributed by atoms with E-state index < -0.39 is 15.1 Å². The van der Waals surface area contributed by atoms with Crippen LogP contribution in [0, 0.1) is 5.92 Å². The van der Waals surface area contributed by atoms with Crippen LogP contribution < -0.4 is 10.2 Å². The fourth-order valence-corrected chi connectivity index (χ4v) is 5.71. The van der Waals surface area contributed by atoms with Crippen LogP contribution >= 0.6 is 11.8 Å². The summed E-state index contributed by atoms with van der Waals surface area (Å²) in [6.45, 7) is 2.16. The number of thioether (sulfide) groups is 1. The standard InChI is InChI=1S/C23H26N2O4S2/c1-15(12-22(26)24-18-4-3-5-19(14-18)30-2)31(28,29)20-8-9-21-17(13-20)10-11-25(21)23(27)16-6-7-16/h3-5,8-9,13-16H,6-7,10-12H2,1-2H3,(H,24,26). The highest BCUT2D eigenvalue weighted by molar-refractivity contribution is 7.98. The lowest BCUT2D eigenvalue weighted by Crippen LogP contribution is -2.30. The smallest absolute Gasteiger partial charge is 0.230 e. The van der Waals surface area contributed by atoms with E-state index in [4.69, 9.17) is 0 Å². The first-order valence-corrected chi connectivity index (χ1v) is 13.2. The van der Waals surface area contributed by atoms with Crippen LogP contribution in [0.25, 0.3) is 0 Å². The molecule has 2 aromatic rings. The second kappa shape index (κ2) is 8.67. The minimum absolute atomic E-state index is 0.129. The molecule has 1 atom stereocenters. The number of nitrogens with zero attached hydrogens (tertiary/aromatic N) is 1. The molecular formula is C23H26N2O4S2. The maximum absolute atomic E-state index is 13.1. The van der Waals surface area contributed by atoms with Crippen molar-refractivity contribution >= 4 is 44.8 Å². The van der Waals surface area contributed by atoms with Crippen LogP contribution in [0.1, 0.15) is 31.7 Å². The molecule has 1 unspecified atom stereocenters. The van der Waals surface area contributed by atoms with Crippen molar-refractivity contribution in [1.29, 1.82) is 0 Å². The summed E-state index contributed by atoms with van der Waals surface area (Å²) in [5, 5.41) is 1.93. The molecule has 0 aromatic heterocycles. The number of carbonyl (C=O) groups excluding carboxylic acids is 2. The average molecular weight is 459 g/mol. The number of hydrogen-bond donors (Lipinski definition) is 1. The van der Waals surface area contributed by atoms with Gasteiger partial charge in [0.15, 0.2) is 9.84 Å². The molecule has 0 spiro atoms. The van der Waals surface area contributed by atoms with Gasteiger partial charge in [0.25, 0.3) is 0 Å². The van der Waals surface area contributed by atoms with Crippen LogP contribution in [0.3, 0.4) is 0 Å². The largest absolute Gasteiger partial charge is 0.326 e. The van der Waals surface area contributed by atoms with Crippen LogP contribution in [-0.4, -0.2) is 38.3 Å². The van der Waals surface area contributed by atoms with Crippen LogP contribution in [0.15, 0.2) is 52.3 Å². The lowest BCUT2D eigenvalue weighted by atomic mass is 10.2. The third-order valence-corrected chi connectivity index (χ3v) is 8.69. The van der Waals surface area contributed by atoms with Gasteiger partial charge in [-0.3, -0.25) is 9.59 Å². The predicted octanol–water partition coefficient (Wildman–Crippen LogP) is 3.90. The maximum Gasteiger partial charge on any atom is 0.230 e. The molecule has 1 aliphatic heterocycles. The molecule has 4 rings (SSSR count). The summed E-state index contributed by atoms with van der Waals surface area (Å²) in [6.07, 6.45) is 4.36.